The largest absolute Gasteiger partial charge is 0.453 e. The smallest absolute Gasteiger partial charge is 0.407 e. The minimum absolute atomic E-state index is 0.0746. The number of amides is 2. The molecule has 2 aromatic carbocycles. The predicted molar refractivity (Wildman–Crippen MR) is 209 cm³/mol. The second-order valence-electron chi connectivity index (χ2n) is 16.7. The highest BCUT2D eigenvalue weighted by Crippen LogP contribution is 2.51. The topological polar surface area (TPSA) is 103 Å². The fourth-order valence-electron chi connectivity index (χ4n) is 10.4. The number of alkyl carbamates (subject to hydrolysis) is 1. The normalized spacial score (nSPS) is 26.3. The Kier molecular flexibility index (Phi) is 11.9. The number of methoxy groups -OCH3 is 1. The van der Waals surface area contributed by atoms with E-state index in [4.69, 9.17) is 4.74 Å². The SMILES string of the molecule is C=CC(=O)N1CCCC[C@H](S(=O)(=O)c2ccc(N3CC(F)(CN4CCC([C@@](CN5CCC5)(c5cccc(F)c5)[C@H]5CCC[C@@H]5NC(=O)OC)CC4)C3)cc2)C1. The zero-order chi connectivity index (χ0) is 38.8. The van der Waals surface area contributed by atoms with E-state index in [1.807, 2.05) is 11.0 Å². The fourth-order valence-corrected chi connectivity index (χ4v) is 12.1. The minimum atomic E-state index is -3.66. The first-order valence-corrected chi connectivity index (χ1v) is 21.7. The molecular formula is C42H57F2N5O5S. The molecule has 0 radical (unpaired) electrons. The Labute approximate surface area is 325 Å². The Bertz CT molecular complexity index is 1800. The molecule has 1 saturated carbocycles. The van der Waals surface area contributed by atoms with Crippen LogP contribution < -0.4 is 10.2 Å². The summed E-state index contributed by atoms with van der Waals surface area (Å²) in [5.74, 6) is -0.164. The summed E-state index contributed by atoms with van der Waals surface area (Å²) in [7, 11) is -2.27. The Balaban J connectivity index is 1.00. The number of likely N-dealkylation sites (tertiary alicyclic amines) is 3. The van der Waals surface area contributed by atoms with Crippen LogP contribution in [0.2, 0.25) is 0 Å². The third kappa shape index (κ3) is 8.30. The first kappa shape index (κ1) is 39.7. The molecule has 7 rings (SSSR count). The molecule has 10 nitrogen and oxygen atoms in total. The number of ether oxygens (including phenoxy) is 1. The molecule has 1 aliphatic carbocycles. The number of nitrogens with one attached hydrogen (secondary N) is 1. The van der Waals surface area contributed by atoms with E-state index in [-0.39, 0.29) is 59.5 Å². The van der Waals surface area contributed by atoms with Gasteiger partial charge in [-0.05, 0) is 131 Å². The first-order valence-electron chi connectivity index (χ1n) is 20.2. The number of halogens is 2. The van der Waals surface area contributed by atoms with Crippen LogP contribution in [0.1, 0.15) is 63.4 Å². The number of carbonyl (C=O) groups excluding carboxylic acids is 2. The van der Waals surface area contributed by atoms with Gasteiger partial charge < -0.3 is 24.8 Å². The molecule has 0 unspecified atom stereocenters. The summed E-state index contributed by atoms with van der Waals surface area (Å²) in [6.45, 7) is 9.30. The van der Waals surface area contributed by atoms with Gasteiger partial charge in [-0.2, -0.15) is 0 Å². The van der Waals surface area contributed by atoms with E-state index in [1.165, 1.54) is 19.3 Å². The summed E-state index contributed by atoms with van der Waals surface area (Å²) in [6, 6.07) is 13.8. The lowest BCUT2D eigenvalue weighted by molar-refractivity contribution is -0.125. The molecule has 0 bridgehead atoms. The van der Waals surface area contributed by atoms with Crippen LogP contribution in [-0.2, 0) is 24.8 Å². The molecule has 5 fully saturated rings. The second kappa shape index (κ2) is 16.5. The van der Waals surface area contributed by atoms with Crippen LogP contribution in [0.4, 0.5) is 19.3 Å². The maximum absolute atomic E-state index is 16.3. The molecule has 4 heterocycles. The summed E-state index contributed by atoms with van der Waals surface area (Å²) >= 11 is 0. The van der Waals surface area contributed by atoms with E-state index in [2.05, 4.69) is 27.8 Å². The van der Waals surface area contributed by atoms with Crippen molar-refractivity contribution in [3.63, 3.8) is 0 Å². The summed E-state index contributed by atoms with van der Waals surface area (Å²) in [5.41, 5.74) is 0.0104. The minimum Gasteiger partial charge on any atom is -0.453 e. The zero-order valence-electron chi connectivity index (χ0n) is 32.1. The molecule has 2 aromatic rings. The Morgan fingerprint density at radius 3 is 2.35 bits per heavy atom. The molecular weight excluding hydrogens is 725 g/mol. The Hall–Kier alpha value is -3.55. The molecule has 0 aromatic heterocycles. The van der Waals surface area contributed by atoms with Crippen molar-refractivity contribution >= 4 is 27.5 Å². The van der Waals surface area contributed by atoms with Gasteiger partial charge in [-0.3, -0.25) is 9.69 Å². The third-order valence-corrected chi connectivity index (χ3v) is 15.5. The number of carbonyl (C=O) groups is 2. The van der Waals surface area contributed by atoms with Crippen molar-refractivity contribution in [2.24, 2.45) is 11.8 Å². The lowest BCUT2D eigenvalue weighted by Crippen LogP contribution is -2.65. The van der Waals surface area contributed by atoms with Gasteiger partial charge in [-0.15, -0.1) is 0 Å². The van der Waals surface area contributed by atoms with E-state index in [1.54, 1.807) is 35.2 Å². The lowest BCUT2D eigenvalue weighted by atomic mass is 9.57. The third-order valence-electron chi connectivity index (χ3n) is 13.3. The highest BCUT2D eigenvalue weighted by molar-refractivity contribution is 7.92. The van der Waals surface area contributed by atoms with Crippen molar-refractivity contribution in [3.05, 3.63) is 72.6 Å². The summed E-state index contributed by atoms with van der Waals surface area (Å²) in [4.78, 5) is 33.2. The van der Waals surface area contributed by atoms with Crippen LogP contribution >= 0.6 is 0 Å². The van der Waals surface area contributed by atoms with Crippen molar-refractivity contribution in [2.45, 2.75) is 85.1 Å². The highest BCUT2D eigenvalue weighted by Gasteiger charge is 2.54. The number of alkyl halides is 1. The molecule has 4 aliphatic heterocycles. The van der Waals surface area contributed by atoms with E-state index in [0.717, 1.165) is 95.3 Å². The zero-order valence-corrected chi connectivity index (χ0v) is 33.0. The molecule has 13 heteroatoms. The Morgan fingerprint density at radius 1 is 0.945 bits per heavy atom. The number of benzene rings is 2. The molecule has 55 heavy (non-hydrogen) atoms. The van der Waals surface area contributed by atoms with E-state index in [9.17, 15) is 18.0 Å². The van der Waals surface area contributed by atoms with Crippen molar-refractivity contribution in [1.29, 1.82) is 0 Å². The van der Waals surface area contributed by atoms with Crippen LogP contribution in [0.5, 0.6) is 0 Å². The van der Waals surface area contributed by atoms with Gasteiger partial charge in [0.05, 0.1) is 30.3 Å². The van der Waals surface area contributed by atoms with Gasteiger partial charge in [0.2, 0.25) is 5.91 Å². The molecule has 1 N–H and O–H groups in total. The van der Waals surface area contributed by atoms with E-state index >= 15 is 8.78 Å². The molecule has 5 aliphatic rings. The van der Waals surface area contributed by atoms with E-state index in [0.29, 0.717) is 19.5 Å². The van der Waals surface area contributed by atoms with Crippen LogP contribution in [0.3, 0.4) is 0 Å². The summed E-state index contributed by atoms with van der Waals surface area (Å²) < 4.78 is 63.5. The molecule has 4 saturated heterocycles. The van der Waals surface area contributed by atoms with Gasteiger partial charge in [-0.25, -0.2) is 22.0 Å². The highest BCUT2D eigenvalue weighted by atomic mass is 32.2. The summed E-state index contributed by atoms with van der Waals surface area (Å²) in [5, 5.41) is 2.46. The van der Waals surface area contributed by atoms with Crippen LogP contribution in [0.15, 0.2) is 66.1 Å². The average molecular weight is 782 g/mol. The number of sulfone groups is 1. The van der Waals surface area contributed by atoms with Crippen LogP contribution in [0, 0.1) is 17.7 Å². The predicted octanol–water partition coefficient (Wildman–Crippen LogP) is 5.58. The lowest BCUT2D eigenvalue weighted by Gasteiger charge is -2.54. The van der Waals surface area contributed by atoms with Gasteiger partial charge in [0, 0.05) is 43.3 Å². The second-order valence-corrected chi connectivity index (χ2v) is 18.9. The summed E-state index contributed by atoms with van der Waals surface area (Å²) in [6.07, 6.45) is 8.40. The van der Waals surface area contributed by atoms with Crippen molar-refractivity contribution < 1.29 is 31.5 Å². The maximum atomic E-state index is 16.3. The molecule has 4 atom stereocenters. The Morgan fingerprint density at radius 2 is 1.69 bits per heavy atom. The number of nitrogens with zero attached hydrogens (tertiary/aromatic N) is 4. The van der Waals surface area contributed by atoms with Crippen LogP contribution in [0.25, 0.3) is 0 Å². The standard InChI is InChI=1S/C42H57F2N5O5S/c1-3-39(50)48-22-5-4-11-36(26-48)55(52,53)35-16-14-34(15-17-35)49-28-41(44,29-49)27-47-23-18-31(19-24-47)42(30-46-20-8-21-46,32-9-6-10-33(43)25-32)37-12-7-13-38(37)45-40(51)54-2/h3,6,9-10,14-17,25,31,36-38H,1,4-5,7-8,11-13,18-24,26-30H2,2H3,(H,45,51)/t36-,37-,38-,42-/m0/s1. The van der Waals surface area contributed by atoms with Crippen LogP contribution in [-0.4, -0.2) is 125 Å². The number of hydrogen-bond acceptors (Lipinski definition) is 8. The van der Waals surface area contributed by atoms with E-state index < -0.39 is 26.8 Å². The van der Waals surface area contributed by atoms with Gasteiger partial charge in [0.25, 0.3) is 0 Å². The first-order chi connectivity index (χ1) is 26.4. The van der Waals surface area contributed by atoms with Gasteiger partial charge in [0.15, 0.2) is 15.5 Å². The van der Waals surface area contributed by atoms with Gasteiger partial charge in [-0.1, -0.05) is 31.6 Å². The number of hydrogen-bond donors (Lipinski definition) is 1. The fraction of sp³-hybridized carbons (Fsp3) is 0.619. The molecule has 2 amide bonds. The van der Waals surface area contributed by atoms with Crippen molar-refractivity contribution in [2.75, 3.05) is 77.5 Å². The van der Waals surface area contributed by atoms with Crippen molar-refractivity contribution in [3.8, 4) is 0 Å². The molecule has 0 spiro atoms. The monoisotopic (exact) mass is 781 g/mol. The average Bonchev–Trinajstić information content (AvgIpc) is 3.46. The molecule has 300 valence electrons. The number of rotatable bonds is 12. The van der Waals surface area contributed by atoms with Gasteiger partial charge in [0.1, 0.15) is 5.82 Å². The van der Waals surface area contributed by atoms with Crippen molar-refractivity contribution in [1.82, 2.24) is 20.0 Å². The number of piperidine rings is 1. The quantitative estimate of drug-likeness (QED) is 0.279. The van der Waals surface area contributed by atoms with Gasteiger partial charge >= 0.3 is 6.09 Å². The number of anilines is 1. The maximum Gasteiger partial charge on any atom is 0.407 e.